The summed E-state index contributed by atoms with van der Waals surface area (Å²) in [6.07, 6.45) is 5.19. The van der Waals surface area contributed by atoms with Gasteiger partial charge in [0, 0.05) is 30.2 Å². The monoisotopic (exact) mass is 410 g/mol. The Hall–Kier alpha value is -2.57. The Labute approximate surface area is 174 Å². The van der Waals surface area contributed by atoms with Gasteiger partial charge in [0.1, 0.15) is 5.69 Å². The van der Waals surface area contributed by atoms with Crippen molar-refractivity contribution in [2.75, 3.05) is 26.2 Å². The van der Waals surface area contributed by atoms with Crippen LogP contribution < -0.4 is 0 Å². The van der Waals surface area contributed by atoms with Crippen LogP contribution in [0, 0.1) is 0 Å². The molecule has 5 rings (SSSR count). The molecule has 0 aliphatic carbocycles. The summed E-state index contributed by atoms with van der Waals surface area (Å²) in [5, 5.41) is 5.30. The summed E-state index contributed by atoms with van der Waals surface area (Å²) in [7, 11) is 0. The van der Waals surface area contributed by atoms with Crippen LogP contribution in [0.4, 0.5) is 0 Å². The average molecular weight is 411 g/mol. The minimum atomic E-state index is -0.0211. The fraction of sp³-hybridized carbons (Fsp3) is 0.364. The van der Waals surface area contributed by atoms with E-state index in [1.807, 2.05) is 47.4 Å². The molecule has 0 unspecified atom stereocenters. The van der Waals surface area contributed by atoms with Gasteiger partial charge in [0.2, 0.25) is 0 Å². The van der Waals surface area contributed by atoms with Crippen molar-refractivity contribution in [2.24, 2.45) is 0 Å². The summed E-state index contributed by atoms with van der Waals surface area (Å²) < 4.78 is 7.34. The predicted molar refractivity (Wildman–Crippen MR) is 111 cm³/mol. The lowest BCUT2D eigenvalue weighted by Crippen LogP contribution is -2.37. The molecule has 7 heteroatoms. The number of halogens is 1. The molecule has 2 saturated heterocycles. The molecule has 1 atom stereocenters. The smallest absolute Gasteiger partial charge is 0.274 e. The zero-order chi connectivity index (χ0) is 19.8. The highest BCUT2D eigenvalue weighted by atomic mass is 35.5. The molecule has 3 aromatic rings. The van der Waals surface area contributed by atoms with E-state index in [1.54, 1.807) is 10.9 Å². The molecule has 0 spiro atoms. The Morgan fingerprint density at radius 3 is 2.62 bits per heavy atom. The van der Waals surface area contributed by atoms with Gasteiger partial charge < -0.3 is 9.32 Å². The molecule has 1 aromatic carbocycles. The van der Waals surface area contributed by atoms with Gasteiger partial charge in [-0.05, 0) is 68.8 Å². The maximum absolute atomic E-state index is 13.2. The first-order chi connectivity index (χ1) is 14.2. The van der Waals surface area contributed by atoms with E-state index in [4.69, 9.17) is 16.0 Å². The van der Waals surface area contributed by atoms with Crippen LogP contribution in [0.1, 0.15) is 29.8 Å². The Morgan fingerprint density at radius 1 is 1.10 bits per heavy atom. The third kappa shape index (κ3) is 3.58. The Morgan fingerprint density at radius 2 is 1.90 bits per heavy atom. The largest absolute Gasteiger partial charge is 0.463 e. The third-order valence-electron chi connectivity index (χ3n) is 5.88. The first kappa shape index (κ1) is 18.5. The molecule has 0 saturated carbocycles. The van der Waals surface area contributed by atoms with Crippen molar-refractivity contribution < 1.29 is 9.21 Å². The second kappa shape index (κ2) is 7.69. The molecule has 2 aliphatic heterocycles. The van der Waals surface area contributed by atoms with Gasteiger partial charge in [0.15, 0.2) is 11.5 Å². The van der Waals surface area contributed by atoms with Gasteiger partial charge in [-0.25, -0.2) is 4.68 Å². The zero-order valence-electron chi connectivity index (χ0n) is 16.1. The van der Waals surface area contributed by atoms with Crippen LogP contribution in [-0.2, 0) is 0 Å². The molecule has 0 radical (unpaired) electrons. The molecular formula is C22H23ClN4O2. The average Bonchev–Trinajstić information content (AvgIpc) is 3.54. The molecule has 29 heavy (non-hydrogen) atoms. The van der Waals surface area contributed by atoms with Gasteiger partial charge in [0.25, 0.3) is 5.91 Å². The van der Waals surface area contributed by atoms with Crippen molar-refractivity contribution in [1.82, 2.24) is 19.6 Å². The zero-order valence-corrected chi connectivity index (χ0v) is 16.9. The molecule has 150 valence electrons. The fourth-order valence-corrected chi connectivity index (χ4v) is 4.48. The predicted octanol–water partition coefficient (Wildman–Crippen LogP) is 4.10. The minimum absolute atomic E-state index is 0.0211. The number of nitrogens with zero attached hydrogens (tertiary/aromatic N) is 4. The van der Waals surface area contributed by atoms with Crippen molar-refractivity contribution in [1.29, 1.82) is 0 Å². The van der Waals surface area contributed by atoms with Crippen LogP contribution in [0.2, 0.25) is 5.02 Å². The van der Waals surface area contributed by atoms with E-state index in [2.05, 4.69) is 10.00 Å². The molecular weight excluding hydrogens is 388 g/mol. The number of hydrogen-bond acceptors (Lipinski definition) is 4. The summed E-state index contributed by atoms with van der Waals surface area (Å²) >= 11 is 6.03. The van der Waals surface area contributed by atoms with Crippen molar-refractivity contribution in [3.05, 3.63) is 59.4 Å². The quantitative estimate of drug-likeness (QED) is 0.649. The molecule has 2 aromatic heterocycles. The summed E-state index contributed by atoms with van der Waals surface area (Å²) in [5.74, 6) is 0.648. The molecule has 0 bridgehead atoms. The number of carbonyl (C=O) groups is 1. The van der Waals surface area contributed by atoms with E-state index in [-0.39, 0.29) is 5.91 Å². The van der Waals surface area contributed by atoms with E-state index in [1.165, 1.54) is 12.8 Å². The second-order valence-electron chi connectivity index (χ2n) is 7.72. The lowest BCUT2D eigenvalue weighted by molar-refractivity contribution is 0.0774. The van der Waals surface area contributed by atoms with E-state index < -0.39 is 0 Å². The van der Waals surface area contributed by atoms with Crippen LogP contribution in [-0.4, -0.2) is 57.7 Å². The maximum atomic E-state index is 13.2. The number of amides is 1. The van der Waals surface area contributed by atoms with Crippen LogP contribution >= 0.6 is 11.6 Å². The van der Waals surface area contributed by atoms with Crippen LogP contribution in [0.5, 0.6) is 0 Å². The fourth-order valence-electron chi connectivity index (χ4n) is 4.36. The van der Waals surface area contributed by atoms with E-state index >= 15 is 0 Å². The first-order valence-corrected chi connectivity index (χ1v) is 10.5. The lowest BCUT2D eigenvalue weighted by atomic mass is 10.2. The van der Waals surface area contributed by atoms with Crippen molar-refractivity contribution in [3.8, 4) is 17.1 Å². The Kier molecular flexibility index (Phi) is 4.89. The molecule has 2 aliphatic rings. The number of carbonyl (C=O) groups excluding carboxylic acids is 1. The van der Waals surface area contributed by atoms with E-state index in [0.29, 0.717) is 22.5 Å². The van der Waals surface area contributed by atoms with Gasteiger partial charge in [-0.15, -0.1) is 0 Å². The number of aromatic nitrogens is 2. The Balaban J connectivity index is 1.43. The highest BCUT2D eigenvalue weighted by Crippen LogP contribution is 2.27. The number of likely N-dealkylation sites (tertiary alicyclic amines) is 2. The van der Waals surface area contributed by atoms with Crippen LogP contribution in [0.25, 0.3) is 17.1 Å². The normalized spacial score (nSPS) is 19.9. The van der Waals surface area contributed by atoms with Crippen LogP contribution in [0.15, 0.2) is 53.1 Å². The highest BCUT2D eigenvalue weighted by Gasteiger charge is 2.33. The molecule has 4 heterocycles. The van der Waals surface area contributed by atoms with Crippen molar-refractivity contribution in [3.63, 3.8) is 0 Å². The summed E-state index contributed by atoms with van der Waals surface area (Å²) in [6, 6.07) is 13.4. The highest BCUT2D eigenvalue weighted by molar-refractivity contribution is 6.30. The summed E-state index contributed by atoms with van der Waals surface area (Å²) in [5.41, 5.74) is 2.01. The lowest BCUT2D eigenvalue weighted by Gasteiger charge is -2.23. The molecule has 0 N–H and O–H groups in total. The Bertz CT molecular complexity index is 991. The van der Waals surface area contributed by atoms with Crippen LogP contribution in [0.3, 0.4) is 0 Å². The first-order valence-electron chi connectivity index (χ1n) is 10.1. The SMILES string of the molecule is O=C(c1cc(-c2ccco2)n(-c2ccc(Cl)cc2)n1)N1CC[C@@H](N2CCCC2)C1. The standard InChI is InChI=1S/C22H23ClN4O2/c23-16-5-7-17(8-6-16)27-20(21-4-3-13-29-21)14-19(24-27)22(28)26-12-9-18(15-26)25-10-1-2-11-25/h3-8,13-14,18H,1-2,9-12,15H2/t18-/m1/s1. The van der Waals surface area contributed by atoms with Crippen molar-refractivity contribution >= 4 is 17.5 Å². The number of rotatable bonds is 4. The number of benzene rings is 1. The second-order valence-corrected chi connectivity index (χ2v) is 8.15. The van der Waals surface area contributed by atoms with Gasteiger partial charge >= 0.3 is 0 Å². The van der Waals surface area contributed by atoms with E-state index in [9.17, 15) is 4.79 Å². The van der Waals surface area contributed by atoms with E-state index in [0.717, 1.165) is 44.0 Å². The topological polar surface area (TPSA) is 54.5 Å². The van der Waals surface area contributed by atoms with Gasteiger partial charge in [-0.3, -0.25) is 9.69 Å². The van der Waals surface area contributed by atoms with Gasteiger partial charge in [-0.1, -0.05) is 11.6 Å². The molecule has 6 nitrogen and oxygen atoms in total. The number of hydrogen-bond donors (Lipinski definition) is 0. The summed E-state index contributed by atoms with van der Waals surface area (Å²) in [6.45, 7) is 3.87. The van der Waals surface area contributed by atoms with Crippen molar-refractivity contribution in [2.45, 2.75) is 25.3 Å². The molecule has 1 amide bonds. The third-order valence-corrected chi connectivity index (χ3v) is 6.13. The van der Waals surface area contributed by atoms with Gasteiger partial charge in [0.05, 0.1) is 12.0 Å². The summed E-state index contributed by atoms with van der Waals surface area (Å²) in [4.78, 5) is 17.7. The number of furan rings is 1. The minimum Gasteiger partial charge on any atom is -0.463 e. The maximum Gasteiger partial charge on any atom is 0.274 e. The molecule has 2 fully saturated rings. The van der Waals surface area contributed by atoms with Gasteiger partial charge in [-0.2, -0.15) is 5.10 Å².